The van der Waals surface area contributed by atoms with Crippen LogP contribution in [0.2, 0.25) is 0 Å². The zero-order valence-electron chi connectivity index (χ0n) is 11.4. The number of hydrogen-bond donors (Lipinski definition) is 2. The number of ether oxygens (including phenoxy) is 1. The van der Waals surface area contributed by atoms with Crippen molar-refractivity contribution in [2.45, 2.75) is 52.1 Å². The summed E-state index contributed by atoms with van der Waals surface area (Å²) >= 11 is 0. The predicted molar refractivity (Wildman–Crippen MR) is 71.1 cm³/mol. The normalized spacial score (nSPS) is 15.3. The fourth-order valence-electron chi connectivity index (χ4n) is 2.41. The molecule has 0 amide bonds. The molecule has 1 aliphatic rings. The number of hydrogen-bond acceptors (Lipinski definition) is 5. The predicted octanol–water partition coefficient (Wildman–Crippen LogP) is 1.91. The summed E-state index contributed by atoms with van der Waals surface area (Å²) in [6.45, 7) is 6.59. The number of nitrogens with two attached hydrogens (primary N) is 1. The highest BCUT2D eigenvalue weighted by Crippen LogP contribution is 2.29. The van der Waals surface area contributed by atoms with E-state index in [2.05, 4.69) is 15.4 Å². The van der Waals surface area contributed by atoms with E-state index in [0.717, 1.165) is 24.4 Å². The minimum Gasteiger partial charge on any atom is -0.368 e. The molecule has 2 rings (SSSR count). The van der Waals surface area contributed by atoms with Gasteiger partial charge in [-0.1, -0.05) is 0 Å². The fourth-order valence-corrected chi connectivity index (χ4v) is 2.41. The maximum atomic E-state index is 5.71. The van der Waals surface area contributed by atoms with Gasteiger partial charge in [0.2, 0.25) is 0 Å². The maximum Gasteiger partial charge on any atom is 0.162 e. The molecule has 0 saturated carbocycles. The zero-order chi connectivity index (χ0) is 13.2. The number of nitrogens with zero attached hydrogens (tertiary/aromatic N) is 2. The number of anilines is 1. The van der Waals surface area contributed by atoms with Crippen molar-refractivity contribution in [3.8, 4) is 0 Å². The van der Waals surface area contributed by atoms with Gasteiger partial charge in [-0.05, 0) is 46.5 Å². The summed E-state index contributed by atoms with van der Waals surface area (Å²) in [6.07, 6.45) is 4.37. The molecule has 0 aliphatic heterocycles. The number of fused-ring (bicyclic) bond motifs is 1. The SMILES string of the molecule is CCOC(C)(C)c1nc2c(c(NN)n1)CCCC2. The number of nitrogens with one attached hydrogen (secondary N) is 1. The van der Waals surface area contributed by atoms with Crippen molar-refractivity contribution in [1.82, 2.24) is 9.97 Å². The van der Waals surface area contributed by atoms with Crippen LogP contribution in [-0.4, -0.2) is 16.6 Å². The molecule has 1 heterocycles. The topological polar surface area (TPSA) is 73.1 Å². The first-order valence-corrected chi connectivity index (χ1v) is 6.59. The Balaban J connectivity index is 2.44. The highest BCUT2D eigenvalue weighted by Gasteiger charge is 2.27. The van der Waals surface area contributed by atoms with Crippen LogP contribution >= 0.6 is 0 Å². The quantitative estimate of drug-likeness (QED) is 0.631. The van der Waals surface area contributed by atoms with Gasteiger partial charge in [0.1, 0.15) is 11.4 Å². The molecule has 0 bridgehead atoms. The molecule has 100 valence electrons. The molecular formula is C13H22N4O. The van der Waals surface area contributed by atoms with Gasteiger partial charge in [0.05, 0.1) is 0 Å². The summed E-state index contributed by atoms with van der Waals surface area (Å²) in [7, 11) is 0. The van der Waals surface area contributed by atoms with Crippen molar-refractivity contribution in [3.05, 3.63) is 17.1 Å². The van der Waals surface area contributed by atoms with E-state index in [-0.39, 0.29) is 0 Å². The zero-order valence-corrected chi connectivity index (χ0v) is 11.4. The average molecular weight is 250 g/mol. The van der Waals surface area contributed by atoms with Crippen LogP contribution in [-0.2, 0) is 23.2 Å². The van der Waals surface area contributed by atoms with Crippen LogP contribution in [0.5, 0.6) is 0 Å². The second-order valence-corrected chi connectivity index (χ2v) is 5.12. The van der Waals surface area contributed by atoms with Crippen molar-refractivity contribution in [2.75, 3.05) is 12.0 Å². The molecule has 1 aromatic heterocycles. The summed E-state index contributed by atoms with van der Waals surface area (Å²) in [5.41, 5.74) is 4.51. The Hall–Kier alpha value is -1.20. The number of hydrazine groups is 1. The molecule has 0 atom stereocenters. The Kier molecular flexibility index (Phi) is 3.82. The summed E-state index contributed by atoms with van der Waals surface area (Å²) in [5, 5.41) is 0. The van der Waals surface area contributed by atoms with Crippen LogP contribution in [0.15, 0.2) is 0 Å². The van der Waals surface area contributed by atoms with E-state index in [9.17, 15) is 0 Å². The average Bonchev–Trinajstić information content (AvgIpc) is 2.37. The highest BCUT2D eigenvalue weighted by molar-refractivity contribution is 5.47. The molecule has 5 nitrogen and oxygen atoms in total. The lowest BCUT2D eigenvalue weighted by atomic mass is 9.95. The second-order valence-electron chi connectivity index (χ2n) is 5.12. The minimum absolute atomic E-state index is 0.479. The van der Waals surface area contributed by atoms with Gasteiger partial charge in [-0.2, -0.15) is 0 Å². The minimum atomic E-state index is -0.479. The molecule has 3 N–H and O–H groups in total. The third kappa shape index (κ3) is 2.47. The first-order chi connectivity index (χ1) is 8.58. The van der Waals surface area contributed by atoms with E-state index in [1.807, 2.05) is 20.8 Å². The van der Waals surface area contributed by atoms with Crippen LogP contribution in [0.25, 0.3) is 0 Å². The van der Waals surface area contributed by atoms with Crippen molar-refractivity contribution >= 4 is 5.82 Å². The molecule has 0 spiro atoms. The van der Waals surface area contributed by atoms with Gasteiger partial charge in [0.15, 0.2) is 5.82 Å². The first-order valence-electron chi connectivity index (χ1n) is 6.59. The maximum absolute atomic E-state index is 5.71. The smallest absolute Gasteiger partial charge is 0.162 e. The van der Waals surface area contributed by atoms with E-state index in [1.54, 1.807) is 0 Å². The van der Waals surface area contributed by atoms with E-state index >= 15 is 0 Å². The molecule has 0 fully saturated rings. The lowest BCUT2D eigenvalue weighted by Crippen LogP contribution is -2.28. The van der Waals surface area contributed by atoms with Gasteiger partial charge in [-0.15, -0.1) is 0 Å². The third-order valence-corrected chi connectivity index (χ3v) is 3.36. The van der Waals surface area contributed by atoms with Crippen molar-refractivity contribution < 1.29 is 4.74 Å². The van der Waals surface area contributed by atoms with Crippen molar-refractivity contribution in [2.24, 2.45) is 5.84 Å². The number of aromatic nitrogens is 2. The van der Waals surface area contributed by atoms with Gasteiger partial charge in [-0.3, -0.25) is 0 Å². The molecule has 18 heavy (non-hydrogen) atoms. The van der Waals surface area contributed by atoms with Gasteiger partial charge >= 0.3 is 0 Å². The van der Waals surface area contributed by atoms with Crippen molar-refractivity contribution in [3.63, 3.8) is 0 Å². The lowest BCUT2D eigenvalue weighted by Gasteiger charge is -2.26. The molecule has 0 unspecified atom stereocenters. The fraction of sp³-hybridized carbons (Fsp3) is 0.692. The number of aryl methyl sites for hydroxylation is 1. The summed E-state index contributed by atoms with van der Waals surface area (Å²) in [5.74, 6) is 7.04. The van der Waals surface area contributed by atoms with E-state index in [0.29, 0.717) is 12.4 Å². The monoisotopic (exact) mass is 250 g/mol. The van der Waals surface area contributed by atoms with Gasteiger partial charge < -0.3 is 10.2 Å². The van der Waals surface area contributed by atoms with E-state index in [4.69, 9.17) is 10.6 Å². The largest absolute Gasteiger partial charge is 0.368 e. The molecular weight excluding hydrogens is 228 g/mol. The number of rotatable bonds is 4. The van der Waals surface area contributed by atoms with Crippen LogP contribution in [0.3, 0.4) is 0 Å². The number of nitrogen functional groups attached to an aromatic ring is 1. The molecule has 1 aromatic rings. The molecule has 0 saturated heterocycles. The summed E-state index contributed by atoms with van der Waals surface area (Å²) in [4.78, 5) is 9.20. The summed E-state index contributed by atoms with van der Waals surface area (Å²) < 4.78 is 5.71. The molecule has 0 radical (unpaired) electrons. The van der Waals surface area contributed by atoms with Gasteiger partial charge in [0, 0.05) is 17.9 Å². The molecule has 5 heteroatoms. The van der Waals surface area contributed by atoms with E-state index < -0.39 is 5.60 Å². The Labute approximate surface area is 108 Å². The van der Waals surface area contributed by atoms with Gasteiger partial charge in [0.25, 0.3) is 0 Å². The van der Waals surface area contributed by atoms with Crippen LogP contribution in [0, 0.1) is 0 Å². The Morgan fingerprint density at radius 3 is 2.67 bits per heavy atom. The lowest BCUT2D eigenvalue weighted by molar-refractivity contribution is -0.0209. The Bertz CT molecular complexity index is 414. The van der Waals surface area contributed by atoms with Crippen LogP contribution in [0.4, 0.5) is 5.82 Å². The first kappa shape index (κ1) is 13.2. The third-order valence-electron chi connectivity index (χ3n) is 3.36. The van der Waals surface area contributed by atoms with Crippen LogP contribution in [0.1, 0.15) is 50.7 Å². The summed E-state index contributed by atoms with van der Waals surface area (Å²) in [6, 6.07) is 0. The van der Waals surface area contributed by atoms with Crippen LogP contribution < -0.4 is 11.3 Å². The highest BCUT2D eigenvalue weighted by atomic mass is 16.5. The van der Waals surface area contributed by atoms with Crippen molar-refractivity contribution in [1.29, 1.82) is 0 Å². The standard InChI is InChI=1S/C13H22N4O/c1-4-18-13(2,3)12-15-10-8-6-5-7-9(10)11(16-12)17-14/h4-8,14H2,1-3H3,(H,15,16,17). The molecule has 1 aliphatic carbocycles. The Morgan fingerprint density at radius 1 is 1.28 bits per heavy atom. The molecule has 0 aromatic carbocycles. The van der Waals surface area contributed by atoms with E-state index in [1.165, 1.54) is 18.4 Å². The Morgan fingerprint density at radius 2 is 2.00 bits per heavy atom. The second kappa shape index (κ2) is 5.20. The van der Waals surface area contributed by atoms with Gasteiger partial charge in [-0.25, -0.2) is 15.8 Å².